The fourth-order valence-electron chi connectivity index (χ4n) is 5.94. The summed E-state index contributed by atoms with van der Waals surface area (Å²) in [7, 11) is 1.60. The number of fused-ring (bicyclic) bond motifs is 5. The number of esters is 1. The summed E-state index contributed by atoms with van der Waals surface area (Å²) in [4.78, 5) is 42.7. The highest BCUT2D eigenvalue weighted by atomic mass is 16.5. The van der Waals surface area contributed by atoms with Crippen molar-refractivity contribution in [2.75, 3.05) is 12.0 Å². The molecule has 2 amide bonds. The minimum atomic E-state index is -0.858. The van der Waals surface area contributed by atoms with E-state index in [1.807, 2.05) is 81.4 Å². The molecule has 6 nitrogen and oxygen atoms in total. The highest BCUT2D eigenvalue weighted by molar-refractivity contribution is 6.24. The van der Waals surface area contributed by atoms with E-state index in [0.29, 0.717) is 17.2 Å². The van der Waals surface area contributed by atoms with Gasteiger partial charge in [-0.15, -0.1) is 0 Å². The van der Waals surface area contributed by atoms with Gasteiger partial charge in [0, 0.05) is 11.5 Å². The van der Waals surface area contributed by atoms with Crippen LogP contribution in [-0.4, -0.2) is 24.9 Å². The molecule has 1 aliphatic carbocycles. The molecule has 0 bridgehead atoms. The van der Waals surface area contributed by atoms with Crippen LogP contribution in [0.25, 0.3) is 5.57 Å². The van der Waals surface area contributed by atoms with E-state index in [0.717, 1.165) is 33.4 Å². The van der Waals surface area contributed by atoms with Crippen molar-refractivity contribution in [3.8, 4) is 11.5 Å². The van der Waals surface area contributed by atoms with E-state index >= 15 is 0 Å². The van der Waals surface area contributed by atoms with Crippen LogP contribution in [0.2, 0.25) is 0 Å². The highest BCUT2D eigenvalue weighted by Crippen LogP contribution is 2.54. The van der Waals surface area contributed by atoms with Crippen molar-refractivity contribution in [1.82, 2.24) is 0 Å². The standard InChI is InChI=1S/C31H27NO5/c1-16-5-12-22-24-15-23(19-7-10-21(36-4)11-8-19)26-28(27(24)31(35)37-25(22)13-16)30(34)32(29(26)33)20-9-6-17(2)18(3)14-20/h5-15,23,26-28H,1-4H3/t23-,26+,27-,28-/m0/s1. The first-order chi connectivity index (χ1) is 17.8. The number of ether oxygens (including phenoxy) is 2. The zero-order valence-electron chi connectivity index (χ0n) is 21.1. The molecule has 0 unspecified atom stereocenters. The molecule has 2 aliphatic heterocycles. The minimum Gasteiger partial charge on any atom is -0.497 e. The first-order valence-corrected chi connectivity index (χ1v) is 12.4. The minimum absolute atomic E-state index is 0.295. The third kappa shape index (κ3) is 3.50. The summed E-state index contributed by atoms with van der Waals surface area (Å²) >= 11 is 0. The third-order valence-corrected chi connectivity index (χ3v) is 8.00. The van der Waals surface area contributed by atoms with Gasteiger partial charge < -0.3 is 9.47 Å². The Morgan fingerprint density at radius 2 is 1.54 bits per heavy atom. The molecule has 6 heteroatoms. The van der Waals surface area contributed by atoms with Crippen LogP contribution in [0.3, 0.4) is 0 Å². The van der Waals surface area contributed by atoms with Crippen molar-refractivity contribution >= 4 is 29.0 Å². The zero-order chi connectivity index (χ0) is 26.0. The maximum absolute atomic E-state index is 14.0. The zero-order valence-corrected chi connectivity index (χ0v) is 21.1. The number of methoxy groups -OCH3 is 1. The Bertz CT molecular complexity index is 1500. The molecule has 3 aliphatic rings. The number of imide groups is 1. The van der Waals surface area contributed by atoms with Gasteiger partial charge >= 0.3 is 5.97 Å². The van der Waals surface area contributed by atoms with Gasteiger partial charge in [-0.25, -0.2) is 4.90 Å². The summed E-state index contributed by atoms with van der Waals surface area (Å²) in [6.07, 6.45) is 2.00. The quantitative estimate of drug-likeness (QED) is 0.287. The summed E-state index contributed by atoms with van der Waals surface area (Å²) in [5.41, 5.74) is 5.98. The van der Waals surface area contributed by atoms with Crippen LogP contribution < -0.4 is 14.4 Å². The van der Waals surface area contributed by atoms with Gasteiger partial charge in [0.1, 0.15) is 11.5 Å². The Morgan fingerprint density at radius 3 is 2.24 bits per heavy atom. The number of rotatable bonds is 3. The Kier molecular flexibility index (Phi) is 5.30. The molecule has 0 aromatic heterocycles. The molecule has 1 fully saturated rings. The Labute approximate surface area is 215 Å². The second-order valence-electron chi connectivity index (χ2n) is 10.2. The fraction of sp³-hybridized carbons (Fsp3) is 0.258. The lowest BCUT2D eigenvalue weighted by Gasteiger charge is -2.38. The number of allylic oxidation sites excluding steroid dienone is 1. The third-order valence-electron chi connectivity index (χ3n) is 8.00. The number of anilines is 1. The van der Waals surface area contributed by atoms with Crippen molar-refractivity contribution in [3.05, 3.63) is 94.6 Å². The molecule has 1 saturated heterocycles. The lowest BCUT2D eigenvalue weighted by atomic mass is 9.64. The molecule has 6 rings (SSSR count). The molecule has 0 spiro atoms. The van der Waals surface area contributed by atoms with E-state index in [-0.39, 0.29) is 11.8 Å². The number of carbonyl (C=O) groups excluding carboxylic acids is 3. The normalized spacial score (nSPS) is 24.2. The van der Waals surface area contributed by atoms with E-state index in [4.69, 9.17) is 9.47 Å². The maximum atomic E-state index is 14.0. The van der Waals surface area contributed by atoms with Gasteiger partial charge in [-0.1, -0.05) is 36.4 Å². The van der Waals surface area contributed by atoms with Gasteiger partial charge in [0.05, 0.1) is 30.6 Å². The van der Waals surface area contributed by atoms with E-state index in [2.05, 4.69) is 0 Å². The van der Waals surface area contributed by atoms with Crippen LogP contribution in [-0.2, 0) is 14.4 Å². The van der Waals surface area contributed by atoms with E-state index in [1.54, 1.807) is 13.2 Å². The van der Waals surface area contributed by atoms with Crippen molar-refractivity contribution < 1.29 is 23.9 Å². The highest BCUT2D eigenvalue weighted by Gasteiger charge is 2.60. The van der Waals surface area contributed by atoms with Crippen LogP contribution in [0.5, 0.6) is 11.5 Å². The van der Waals surface area contributed by atoms with Crippen LogP contribution in [0.1, 0.15) is 33.7 Å². The number of amides is 2. The van der Waals surface area contributed by atoms with Gasteiger partial charge in [0.2, 0.25) is 11.8 Å². The van der Waals surface area contributed by atoms with Gasteiger partial charge in [-0.2, -0.15) is 0 Å². The molecule has 3 aromatic carbocycles. The van der Waals surface area contributed by atoms with Gasteiger partial charge in [-0.3, -0.25) is 14.4 Å². The summed E-state index contributed by atoms with van der Waals surface area (Å²) < 4.78 is 11.1. The summed E-state index contributed by atoms with van der Waals surface area (Å²) in [6.45, 7) is 5.88. The van der Waals surface area contributed by atoms with Crippen LogP contribution in [0, 0.1) is 38.5 Å². The average molecular weight is 494 g/mol. The Balaban J connectivity index is 1.54. The van der Waals surface area contributed by atoms with Gasteiger partial charge in [0.25, 0.3) is 0 Å². The summed E-state index contributed by atoms with van der Waals surface area (Å²) in [5.74, 6) is -2.78. The van der Waals surface area contributed by atoms with E-state index in [1.165, 1.54) is 4.90 Å². The lowest BCUT2D eigenvalue weighted by Crippen LogP contribution is -2.42. The lowest BCUT2D eigenvalue weighted by molar-refractivity contribution is -0.142. The Morgan fingerprint density at radius 1 is 0.811 bits per heavy atom. The second kappa shape index (κ2) is 8.44. The number of hydrogen-bond donors (Lipinski definition) is 0. The molecule has 0 radical (unpaired) electrons. The summed E-state index contributed by atoms with van der Waals surface area (Å²) in [6, 6.07) is 18.8. The number of nitrogens with zero attached hydrogens (tertiary/aromatic N) is 1. The number of benzene rings is 3. The molecule has 2 heterocycles. The Hall–Kier alpha value is -4.19. The van der Waals surface area contributed by atoms with Crippen LogP contribution >= 0.6 is 0 Å². The molecule has 0 N–H and O–H groups in total. The number of hydrogen-bond acceptors (Lipinski definition) is 5. The average Bonchev–Trinajstić information content (AvgIpc) is 3.15. The molecular weight excluding hydrogens is 466 g/mol. The van der Waals surface area contributed by atoms with E-state index < -0.39 is 29.6 Å². The van der Waals surface area contributed by atoms with Crippen molar-refractivity contribution in [2.24, 2.45) is 17.8 Å². The molecule has 4 atom stereocenters. The second-order valence-corrected chi connectivity index (χ2v) is 10.2. The predicted molar refractivity (Wildman–Crippen MR) is 139 cm³/mol. The first kappa shape index (κ1) is 23.2. The van der Waals surface area contributed by atoms with Crippen LogP contribution in [0.15, 0.2) is 66.7 Å². The number of aryl methyl sites for hydroxylation is 3. The van der Waals surface area contributed by atoms with Crippen LogP contribution in [0.4, 0.5) is 5.69 Å². The van der Waals surface area contributed by atoms with Crippen molar-refractivity contribution in [2.45, 2.75) is 26.7 Å². The number of carbonyl (C=O) groups is 3. The molecule has 37 heavy (non-hydrogen) atoms. The largest absolute Gasteiger partial charge is 0.497 e. The fourth-order valence-corrected chi connectivity index (χ4v) is 5.94. The molecule has 3 aromatic rings. The first-order valence-electron chi connectivity index (χ1n) is 12.4. The van der Waals surface area contributed by atoms with Crippen molar-refractivity contribution in [3.63, 3.8) is 0 Å². The molecule has 0 saturated carbocycles. The summed E-state index contributed by atoms with van der Waals surface area (Å²) in [5, 5.41) is 0. The van der Waals surface area contributed by atoms with Crippen molar-refractivity contribution in [1.29, 1.82) is 0 Å². The topological polar surface area (TPSA) is 72.9 Å². The maximum Gasteiger partial charge on any atom is 0.319 e. The monoisotopic (exact) mass is 493 g/mol. The molecule has 186 valence electrons. The SMILES string of the molecule is COc1ccc([C@@H]2C=C3c4ccc(C)cc4OC(=O)[C@@H]3[C@H]3C(=O)N(c4ccc(C)c(C)c4)C(=O)[C@@H]32)cc1. The van der Waals surface area contributed by atoms with Gasteiger partial charge in [-0.05, 0) is 78.9 Å². The van der Waals surface area contributed by atoms with E-state index in [9.17, 15) is 14.4 Å². The smallest absolute Gasteiger partial charge is 0.319 e. The predicted octanol–water partition coefficient (Wildman–Crippen LogP) is 5.14. The van der Waals surface area contributed by atoms with Gasteiger partial charge in [0.15, 0.2) is 0 Å². The molecular formula is C31H27NO5.